The molecule has 0 heterocycles. The zero-order valence-corrected chi connectivity index (χ0v) is 49.9. The highest BCUT2D eigenvalue weighted by molar-refractivity contribution is 5.71. The largest absolute Gasteiger partial charge is 0.462 e. The van der Waals surface area contributed by atoms with Gasteiger partial charge < -0.3 is 14.2 Å². The fourth-order valence-corrected chi connectivity index (χ4v) is 8.39. The zero-order chi connectivity index (χ0) is 55.7. The van der Waals surface area contributed by atoms with Crippen LogP contribution >= 0.6 is 0 Å². The number of carbonyl (C=O) groups is 3. The summed E-state index contributed by atoms with van der Waals surface area (Å²) in [6.45, 7) is 6.45. The molecule has 436 valence electrons. The summed E-state index contributed by atoms with van der Waals surface area (Å²) >= 11 is 0. The molecule has 6 nitrogen and oxygen atoms in total. The van der Waals surface area contributed by atoms with Crippen LogP contribution in [0.15, 0.2) is 134 Å². The van der Waals surface area contributed by atoms with Crippen LogP contribution in [0.4, 0.5) is 0 Å². The summed E-state index contributed by atoms with van der Waals surface area (Å²) in [5, 5.41) is 0. The van der Waals surface area contributed by atoms with E-state index in [2.05, 4.69) is 154 Å². The first-order valence-corrected chi connectivity index (χ1v) is 31.7. The van der Waals surface area contributed by atoms with Crippen LogP contribution in [0, 0.1) is 0 Å². The van der Waals surface area contributed by atoms with Gasteiger partial charge in [-0.3, -0.25) is 14.4 Å². The Morgan fingerprint density at radius 3 is 0.831 bits per heavy atom. The van der Waals surface area contributed by atoms with Gasteiger partial charge in [0, 0.05) is 19.3 Å². The van der Waals surface area contributed by atoms with E-state index in [0.29, 0.717) is 19.3 Å². The lowest BCUT2D eigenvalue weighted by Gasteiger charge is -2.18. The van der Waals surface area contributed by atoms with E-state index in [0.717, 1.165) is 148 Å². The quantitative estimate of drug-likeness (QED) is 0.0261. The summed E-state index contributed by atoms with van der Waals surface area (Å²) in [5.41, 5.74) is 0. The summed E-state index contributed by atoms with van der Waals surface area (Å²) in [4.78, 5) is 38.1. The molecule has 0 saturated carbocycles. The Balaban J connectivity index is 4.21. The van der Waals surface area contributed by atoms with Crippen LogP contribution in [-0.4, -0.2) is 37.2 Å². The van der Waals surface area contributed by atoms with Crippen LogP contribution in [0.25, 0.3) is 0 Å². The van der Waals surface area contributed by atoms with Gasteiger partial charge in [0.2, 0.25) is 0 Å². The molecular formula is C71H116O6. The third kappa shape index (κ3) is 62.3. The van der Waals surface area contributed by atoms with Gasteiger partial charge in [-0.05, 0) is 116 Å². The molecule has 0 spiro atoms. The van der Waals surface area contributed by atoms with Crippen LogP contribution in [0.1, 0.15) is 278 Å². The van der Waals surface area contributed by atoms with Crippen LogP contribution < -0.4 is 0 Å². The molecule has 0 saturated heterocycles. The maximum atomic E-state index is 12.8. The maximum Gasteiger partial charge on any atom is 0.306 e. The maximum absolute atomic E-state index is 12.8. The van der Waals surface area contributed by atoms with Crippen molar-refractivity contribution in [2.45, 2.75) is 284 Å². The molecule has 0 amide bonds. The minimum Gasteiger partial charge on any atom is -0.462 e. The van der Waals surface area contributed by atoms with Crippen molar-refractivity contribution in [2.75, 3.05) is 13.2 Å². The van der Waals surface area contributed by atoms with E-state index in [1.807, 2.05) is 0 Å². The first kappa shape index (κ1) is 72.5. The summed E-state index contributed by atoms with van der Waals surface area (Å²) in [5.74, 6) is -0.915. The van der Waals surface area contributed by atoms with Crippen LogP contribution in [-0.2, 0) is 28.6 Å². The van der Waals surface area contributed by atoms with E-state index < -0.39 is 6.10 Å². The van der Waals surface area contributed by atoms with Crippen molar-refractivity contribution < 1.29 is 28.6 Å². The lowest BCUT2D eigenvalue weighted by Crippen LogP contribution is -2.30. The van der Waals surface area contributed by atoms with Crippen molar-refractivity contribution in [3.63, 3.8) is 0 Å². The van der Waals surface area contributed by atoms with Gasteiger partial charge in [-0.1, -0.05) is 276 Å². The number of carbonyl (C=O) groups excluding carboxylic acids is 3. The third-order valence-corrected chi connectivity index (χ3v) is 13.1. The number of esters is 3. The molecule has 0 aliphatic rings. The normalized spacial score (nSPS) is 13.0. The summed E-state index contributed by atoms with van der Waals surface area (Å²) in [7, 11) is 0. The topological polar surface area (TPSA) is 78.9 Å². The monoisotopic (exact) mass is 1060 g/mol. The Hall–Kier alpha value is -4.45. The van der Waals surface area contributed by atoms with Crippen molar-refractivity contribution in [3.8, 4) is 0 Å². The smallest absolute Gasteiger partial charge is 0.306 e. The predicted molar refractivity (Wildman–Crippen MR) is 334 cm³/mol. The minimum absolute atomic E-state index is 0.0877. The first-order valence-electron chi connectivity index (χ1n) is 31.7. The molecule has 6 heteroatoms. The molecule has 0 N–H and O–H groups in total. The minimum atomic E-state index is -0.791. The number of unbranched alkanes of at least 4 members (excludes halogenated alkanes) is 23. The van der Waals surface area contributed by atoms with E-state index in [4.69, 9.17) is 14.2 Å². The molecule has 1 atom stereocenters. The second-order valence-corrected chi connectivity index (χ2v) is 20.6. The Labute approximate surface area is 475 Å². The van der Waals surface area contributed by atoms with E-state index in [9.17, 15) is 14.4 Å². The number of allylic oxidation sites excluding steroid dienone is 22. The lowest BCUT2D eigenvalue weighted by atomic mass is 10.1. The fourth-order valence-electron chi connectivity index (χ4n) is 8.39. The van der Waals surface area contributed by atoms with Crippen molar-refractivity contribution in [1.29, 1.82) is 0 Å². The second-order valence-electron chi connectivity index (χ2n) is 20.6. The molecule has 0 rings (SSSR count). The van der Waals surface area contributed by atoms with Gasteiger partial charge in [0.05, 0.1) is 0 Å². The molecule has 0 aliphatic heterocycles. The molecule has 0 bridgehead atoms. The standard InChI is InChI=1S/C71H116O6/c1-4-7-10-13-16-19-22-24-26-27-28-29-30-31-32-33-34-35-36-37-38-39-40-41-42-43-44-45-46-48-49-52-55-58-61-64-70(73)76-67-68(66-75-69(72)63-60-57-54-51-21-18-15-12-9-6-3)77-71(74)65-62-59-56-53-50-47-25-23-20-17-14-11-8-5-2/h7,10,14,16-17,19,23-26,28-29,31-32,34-35,37-38,40-41,43-44,68H,4-6,8-9,11-13,15,18,20-22,27,30,33,36,39,42,45-67H2,1-3H3/b10-7-,17-14-,19-16-,25-23-,26-24-,29-28-,32-31-,35-34-,38-37-,41-40-,44-43-. The fraction of sp³-hybridized carbons (Fsp3) is 0.648. The highest BCUT2D eigenvalue weighted by Crippen LogP contribution is 2.15. The van der Waals surface area contributed by atoms with E-state index >= 15 is 0 Å². The Kier molecular flexibility index (Phi) is 60.4. The third-order valence-electron chi connectivity index (χ3n) is 13.1. The SMILES string of the molecule is CC/C=C\C/C=C\C/C=C\C/C=C\C/C=C\C/C=C\C/C=C\C/C=C\C/C=C\CCCCCCCCCC(=O)OCC(COC(=O)CCCCCCCCCCCC)OC(=O)CCCCCCC/C=C\C/C=C\CCCC. The van der Waals surface area contributed by atoms with Gasteiger partial charge in [0.15, 0.2) is 6.10 Å². The van der Waals surface area contributed by atoms with E-state index in [1.165, 1.54) is 89.9 Å². The van der Waals surface area contributed by atoms with E-state index in [1.54, 1.807) is 0 Å². The highest BCUT2D eigenvalue weighted by atomic mass is 16.6. The Bertz CT molecular complexity index is 1650. The summed E-state index contributed by atoms with van der Waals surface area (Å²) < 4.78 is 16.8. The molecular weight excluding hydrogens is 949 g/mol. The van der Waals surface area contributed by atoms with Crippen molar-refractivity contribution >= 4 is 17.9 Å². The lowest BCUT2D eigenvalue weighted by molar-refractivity contribution is -0.167. The average Bonchev–Trinajstić information content (AvgIpc) is 3.43. The number of hydrogen-bond acceptors (Lipinski definition) is 6. The van der Waals surface area contributed by atoms with Gasteiger partial charge in [0.1, 0.15) is 13.2 Å². The summed E-state index contributed by atoms with van der Waals surface area (Å²) in [6.07, 6.45) is 90.4. The molecule has 0 aromatic carbocycles. The number of rotatable bonds is 56. The molecule has 0 aliphatic carbocycles. The number of hydrogen-bond donors (Lipinski definition) is 0. The zero-order valence-electron chi connectivity index (χ0n) is 49.9. The first-order chi connectivity index (χ1) is 38.0. The van der Waals surface area contributed by atoms with E-state index in [-0.39, 0.29) is 31.1 Å². The predicted octanol–water partition coefficient (Wildman–Crippen LogP) is 21.8. The molecule has 0 aromatic rings. The van der Waals surface area contributed by atoms with Crippen molar-refractivity contribution in [1.82, 2.24) is 0 Å². The number of ether oxygens (including phenoxy) is 3. The van der Waals surface area contributed by atoms with Gasteiger partial charge in [-0.2, -0.15) is 0 Å². The summed E-state index contributed by atoms with van der Waals surface area (Å²) in [6, 6.07) is 0. The molecule has 1 unspecified atom stereocenters. The van der Waals surface area contributed by atoms with Crippen LogP contribution in [0.3, 0.4) is 0 Å². The Morgan fingerprint density at radius 2 is 0.519 bits per heavy atom. The molecule has 0 aromatic heterocycles. The van der Waals surface area contributed by atoms with Crippen LogP contribution in [0.2, 0.25) is 0 Å². The van der Waals surface area contributed by atoms with Gasteiger partial charge >= 0.3 is 17.9 Å². The van der Waals surface area contributed by atoms with Crippen LogP contribution in [0.5, 0.6) is 0 Å². The second kappa shape index (κ2) is 64.1. The average molecular weight is 1070 g/mol. The molecule has 0 fully saturated rings. The van der Waals surface area contributed by atoms with Gasteiger partial charge in [-0.15, -0.1) is 0 Å². The highest BCUT2D eigenvalue weighted by Gasteiger charge is 2.19. The van der Waals surface area contributed by atoms with Crippen molar-refractivity contribution in [3.05, 3.63) is 134 Å². The molecule has 0 radical (unpaired) electrons. The van der Waals surface area contributed by atoms with Gasteiger partial charge in [-0.25, -0.2) is 0 Å². The van der Waals surface area contributed by atoms with Gasteiger partial charge in [0.25, 0.3) is 0 Å². The molecule has 77 heavy (non-hydrogen) atoms. The Morgan fingerprint density at radius 1 is 0.273 bits per heavy atom. The van der Waals surface area contributed by atoms with Crippen molar-refractivity contribution in [2.24, 2.45) is 0 Å².